The molecule has 0 fully saturated rings. The molecule has 0 aromatic carbocycles. The van der Waals surface area contributed by atoms with Crippen LogP contribution in [0.2, 0.25) is 0 Å². The summed E-state index contributed by atoms with van der Waals surface area (Å²) in [7, 11) is 1.78. The van der Waals surface area contributed by atoms with E-state index in [9.17, 15) is 9.59 Å². The fourth-order valence-electron chi connectivity index (χ4n) is 1.48. The SMILES string of the molecule is C=CC(=O)OC(CCNC)=C(C)C(=O)OCCCNCC. The smallest absolute Gasteiger partial charge is 0.337 e. The minimum atomic E-state index is -0.583. The Morgan fingerprint density at radius 1 is 1.29 bits per heavy atom. The Morgan fingerprint density at radius 3 is 2.57 bits per heavy atom. The lowest BCUT2D eigenvalue weighted by atomic mass is 10.2. The van der Waals surface area contributed by atoms with Gasteiger partial charge in [-0.2, -0.15) is 0 Å². The highest BCUT2D eigenvalue weighted by atomic mass is 16.5. The lowest BCUT2D eigenvalue weighted by Gasteiger charge is -2.11. The van der Waals surface area contributed by atoms with Crippen LogP contribution < -0.4 is 10.6 Å². The Morgan fingerprint density at radius 2 is 2.00 bits per heavy atom. The summed E-state index contributed by atoms with van der Waals surface area (Å²) in [6.07, 6.45) is 2.23. The molecule has 0 amide bonds. The molecule has 0 aliphatic heterocycles. The maximum atomic E-state index is 11.9. The molecule has 0 spiro atoms. The summed E-state index contributed by atoms with van der Waals surface area (Å²) in [5.41, 5.74) is 0.309. The number of esters is 2. The molecule has 120 valence electrons. The Kier molecular flexibility index (Phi) is 11.2. The van der Waals surface area contributed by atoms with Crippen LogP contribution in [0.1, 0.15) is 26.7 Å². The van der Waals surface area contributed by atoms with Gasteiger partial charge in [0.05, 0.1) is 12.2 Å². The second-order valence-electron chi connectivity index (χ2n) is 4.37. The van der Waals surface area contributed by atoms with Crippen molar-refractivity contribution in [3.05, 3.63) is 24.0 Å². The van der Waals surface area contributed by atoms with Crippen LogP contribution in [0.5, 0.6) is 0 Å². The average molecular weight is 298 g/mol. The van der Waals surface area contributed by atoms with E-state index in [4.69, 9.17) is 9.47 Å². The predicted octanol–water partition coefficient (Wildman–Crippen LogP) is 1.14. The van der Waals surface area contributed by atoms with Gasteiger partial charge in [-0.25, -0.2) is 9.59 Å². The van der Waals surface area contributed by atoms with Crippen LogP contribution in [-0.4, -0.2) is 45.2 Å². The topological polar surface area (TPSA) is 76.7 Å². The van der Waals surface area contributed by atoms with Crippen molar-refractivity contribution in [3.63, 3.8) is 0 Å². The number of carbonyl (C=O) groups is 2. The first-order chi connectivity index (χ1) is 10.1. The van der Waals surface area contributed by atoms with Crippen LogP contribution in [0.4, 0.5) is 0 Å². The van der Waals surface area contributed by atoms with Crippen molar-refractivity contribution in [3.8, 4) is 0 Å². The summed E-state index contributed by atoms with van der Waals surface area (Å²) >= 11 is 0. The van der Waals surface area contributed by atoms with Crippen molar-refractivity contribution >= 4 is 11.9 Å². The lowest BCUT2D eigenvalue weighted by Crippen LogP contribution is -2.18. The quantitative estimate of drug-likeness (QED) is 0.258. The average Bonchev–Trinajstić information content (AvgIpc) is 2.49. The second kappa shape index (κ2) is 12.1. The van der Waals surface area contributed by atoms with Gasteiger partial charge in [0.25, 0.3) is 0 Å². The molecule has 2 N–H and O–H groups in total. The maximum absolute atomic E-state index is 11.9. The van der Waals surface area contributed by atoms with Gasteiger partial charge < -0.3 is 20.1 Å². The zero-order valence-electron chi connectivity index (χ0n) is 13.2. The lowest BCUT2D eigenvalue weighted by molar-refractivity contribution is -0.139. The number of ether oxygens (including phenoxy) is 2. The number of hydrogen-bond donors (Lipinski definition) is 2. The van der Waals surface area contributed by atoms with Crippen molar-refractivity contribution in [1.29, 1.82) is 0 Å². The molecule has 0 radical (unpaired) electrons. The van der Waals surface area contributed by atoms with E-state index in [1.165, 1.54) is 0 Å². The first-order valence-corrected chi connectivity index (χ1v) is 7.13. The summed E-state index contributed by atoms with van der Waals surface area (Å²) in [5, 5.41) is 6.08. The van der Waals surface area contributed by atoms with Crippen LogP contribution in [0.15, 0.2) is 24.0 Å². The Hall–Kier alpha value is -1.66. The summed E-state index contributed by atoms with van der Waals surface area (Å²) in [6, 6.07) is 0. The maximum Gasteiger partial charge on any atom is 0.337 e. The third-order valence-corrected chi connectivity index (χ3v) is 2.70. The molecule has 0 unspecified atom stereocenters. The van der Waals surface area contributed by atoms with E-state index < -0.39 is 11.9 Å². The summed E-state index contributed by atoms with van der Waals surface area (Å²) in [6.45, 7) is 9.55. The van der Waals surface area contributed by atoms with Crippen molar-refractivity contribution in [1.82, 2.24) is 10.6 Å². The molecule has 0 aromatic heterocycles. The summed E-state index contributed by atoms with van der Waals surface area (Å²) in [5.74, 6) is -0.735. The fourth-order valence-corrected chi connectivity index (χ4v) is 1.48. The van der Waals surface area contributed by atoms with Crippen LogP contribution in [0, 0.1) is 0 Å². The Labute approximate surface area is 126 Å². The van der Waals surface area contributed by atoms with Crippen molar-refractivity contribution in [2.24, 2.45) is 0 Å². The van der Waals surface area contributed by atoms with Gasteiger partial charge in [-0.05, 0) is 33.5 Å². The molecule has 0 atom stereocenters. The molecule has 6 nitrogen and oxygen atoms in total. The molecule has 0 bridgehead atoms. The molecule has 21 heavy (non-hydrogen) atoms. The number of hydrogen-bond acceptors (Lipinski definition) is 6. The van der Waals surface area contributed by atoms with Crippen LogP contribution >= 0.6 is 0 Å². The molecule has 0 aromatic rings. The highest BCUT2D eigenvalue weighted by Gasteiger charge is 2.15. The Bertz CT molecular complexity index is 378. The molecule has 0 heterocycles. The number of rotatable bonds is 11. The molecule has 0 saturated heterocycles. The molecule has 6 heteroatoms. The second-order valence-corrected chi connectivity index (χ2v) is 4.37. The number of carbonyl (C=O) groups excluding carboxylic acids is 2. The zero-order valence-corrected chi connectivity index (χ0v) is 13.2. The van der Waals surface area contributed by atoms with E-state index in [0.29, 0.717) is 30.9 Å². The van der Waals surface area contributed by atoms with E-state index >= 15 is 0 Å². The fraction of sp³-hybridized carbons (Fsp3) is 0.600. The number of nitrogens with one attached hydrogen (secondary N) is 2. The van der Waals surface area contributed by atoms with Crippen LogP contribution in [-0.2, 0) is 19.1 Å². The first kappa shape index (κ1) is 19.3. The van der Waals surface area contributed by atoms with Crippen molar-refractivity contribution in [2.45, 2.75) is 26.7 Å². The molecular formula is C15H26N2O4. The standard InChI is InChI=1S/C15H26N2O4/c1-5-14(18)21-13(8-10-16-4)12(3)15(19)20-11-7-9-17-6-2/h5,16-17H,1,6-11H2,2-4H3. The highest BCUT2D eigenvalue weighted by molar-refractivity contribution is 5.89. The summed E-state index contributed by atoms with van der Waals surface area (Å²) < 4.78 is 10.3. The molecule has 0 aliphatic rings. The van der Waals surface area contributed by atoms with Gasteiger partial charge in [0.1, 0.15) is 5.76 Å². The summed E-state index contributed by atoms with van der Waals surface area (Å²) in [4.78, 5) is 23.2. The van der Waals surface area contributed by atoms with E-state index in [1.807, 2.05) is 6.92 Å². The molecule has 0 aliphatic carbocycles. The van der Waals surface area contributed by atoms with Crippen molar-refractivity contribution in [2.75, 3.05) is 33.3 Å². The van der Waals surface area contributed by atoms with E-state index in [-0.39, 0.29) is 0 Å². The van der Waals surface area contributed by atoms with Crippen molar-refractivity contribution < 1.29 is 19.1 Å². The van der Waals surface area contributed by atoms with Gasteiger partial charge in [0, 0.05) is 19.0 Å². The first-order valence-electron chi connectivity index (χ1n) is 7.13. The van der Waals surface area contributed by atoms with Crippen LogP contribution in [0.25, 0.3) is 0 Å². The third kappa shape index (κ3) is 8.99. The minimum Gasteiger partial charge on any atom is -0.462 e. The molecular weight excluding hydrogens is 272 g/mol. The minimum absolute atomic E-state index is 0.309. The predicted molar refractivity (Wildman–Crippen MR) is 81.7 cm³/mol. The van der Waals surface area contributed by atoms with E-state index in [1.54, 1.807) is 14.0 Å². The monoisotopic (exact) mass is 298 g/mol. The normalized spacial score (nSPS) is 11.6. The largest absolute Gasteiger partial charge is 0.462 e. The van der Waals surface area contributed by atoms with Gasteiger partial charge in [-0.15, -0.1) is 0 Å². The van der Waals surface area contributed by atoms with Gasteiger partial charge >= 0.3 is 11.9 Å². The van der Waals surface area contributed by atoms with Gasteiger partial charge in [-0.1, -0.05) is 13.5 Å². The highest BCUT2D eigenvalue weighted by Crippen LogP contribution is 2.12. The van der Waals surface area contributed by atoms with Crippen LogP contribution in [0.3, 0.4) is 0 Å². The molecule has 0 saturated carbocycles. The van der Waals surface area contributed by atoms with E-state index in [2.05, 4.69) is 17.2 Å². The zero-order chi connectivity index (χ0) is 16.1. The van der Waals surface area contributed by atoms with E-state index in [0.717, 1.165) is 25.6 Å². The molecule has 0 rings (SSSR count). The third-order valence-electron chi connectivity index (χ3n) is 2.70. The van der Waals surface area contributed by atoms with Gasteiger partial charge in [0.2, 0.25) is 0 Å². The Balaban J connectivity index is 4.54. The van der Waals surface area contributed by atoms with Gasteiger partial charge in [0.15, 0.2) is 0 Å². The van der Waals surface area contributed by atoms with Gasteiger partial charge in [-0.3, -0.25) is 0 Å².